The summed E-state index contributed by atoms with van der Waals surface area (Å²) in [4.78, 5) is 9.90. The lowest BCUT2D eigenvalue weighted by Crippen LogP contribution is -3.00. The Bertz CT molecular complexity index is 365. The lowest BCUT2D eigenvalue weighted by Gasteiger charge is -2.31. The second kappa shape index (κ2) is 18.7. The standard InChI is InChI=1S/C12H29N2O.C6H12O6.ClH/c1-5-7-8-9-13-12(15)11-14(3,4)10-6-2;7-1-3(9)5(11)6(12)4(10)2-8;/h12-13,15H,5-11H2,1-4H3;1,3-6,8-12H,2H2;1H/q+1;;/p-1. The number of hydrogen-bond acceptors (Lipinski definition) is 8. The molecule has 0 aromatic rings. The Hall–Kier alpha value is -0.360. The number of aliphatic hydroxyl groups excluding tert-OH is 6. The molecule has 0 heterocycles. The SMILES string of the molecule is CCCCCNC(O)C[N+](C)(C)CCC.O=CC(O)C(O)C(O)C(O)CO.[Cl-]. The van der Waals surface area contributed by atoms with Crippen molar-refractivity contribution in [1.29, 1.82) is 0 Å². The van der Waals surface area contributed by atoms with Crippen LogP contribution in [0.15, 0.2) is 0 Å². The number of hydrogen-bond donors (Lipinski definition) is 7. The predicted molar refractivity (Wildman–Crippen MR) is 103 cm³/mol. The van der Waals surface area contributed by atoms with Crippen LogP contribution in [0.2, 0.25) is 0 Å². The molecule has 0 aliphatic rings. The number of halogens is 1. The van der Waals surface area contributed by atoms with E-state index in [9.17, 15) is 9.90 Å². The number of nitrogens with zero attached hydrogens (tertiary/aromatic N) is 1. The van der Waals surface area contributed by atoms with Gasteiger partial charge in [-0.2, -0.15) is 0 Å². The Kier molecular flexibility index (Phi) is 21.5. The molecule has 0 saturated heterocycles. The molecule has 0 rings (SSSR count). The zero-order chi connectivity index (χ0) is 21.5. The Labute approximate surface area is 175 Å². The molecule has 0 aromatic heterocycles. The highest BCUT2D eigenvalue weighted by Crippen LogP contribution is 2.03. The molecule has 28 heavy (non-hydrogen) atoms. The van der Waals surface area contributed by atoms with Crippen LogP contribution in [0.5, 0.6) is 0 Å². The first-order valence-corrected chi connectivity index (χ1v) is 9.58. The van der Waals surface area contributed by atoms with E-state index < -0.39 is 31.0 Å². The van der Waals surface area contributed by atoms with Gasteiger partial charge in [-0.3, -0.25) is 5.32 Å². The summed E-state index contributed by atoms with van der Waals surface area (Å²) < 4.78 is 0.887. The third kappa shape index (κ3) is 16.6. The molecule has 172 valence electrons. The highest BCUT2D eigenvalue weighted by atomic mass is 35.5. The van der Waals surface area contributed by atoms with Crippen molar-refractivity contribution in [2.24, 2.45) is 0 Å². The Morgan fingerprint density at radius 3 is 1.96 bits per heavy atom. The molecule has 0 fully saturated rings. The van der Waals surface area contributed by atoms with E-state index in [0.29, 0.717) is 0 Å². The van der Waals surface area contributed by atoms with Crippen LogP contribution in [0.3, 0.4) is 0 Å². The highest BCUT2D eigenvalue weighted by molar-refractivity contribution is 5.56. The van der Waals surface area contributed by atoms with Crippen LogP contribution in [0.4, 0.5) is 0 Å². The van der Waals surface area contributed by atoms with Gasteiger partial charge in [0, 0.05) is 0 Å². The van der Waals surface area contributed by atoms with Crippen molar-refractivity contribution in [2.75, 3.05) is 40.3 Å². The first kappa shape index (κ1) is 32.3. The molecule has 7 N–H and O–H groups in total. The van der Waals surface area contributed by atoms with Gasteiger partial charge in [-0.1, -0.05) is 26.7 Å². The smallest absolute Gasteiger partial charge is 0.154 e. The lowest BCUT2D eigenvalue weighted by molar-refractivity contribution is -0.893. The van der Waals surface area contributed by atoms with E-state index in [2.05, 4.69) is 33.3 Å². The van der Waals surface area contributed by atoms with Crippen LogP contribution in [-0.4, -0.2) is 112 Å². The second-order valence-corrected chi connectivity index (χ2v) is 7.38. The zero-order valence-electron chi connectivity index (χ0n) is 17.5. The molecular formula is C18H41ClN2O7. The minimum Gasteiger partial charge on any atom is -1.00 e. The number of rotatable bonds is 14. The van der Waals surface area contributed by atoms with Crippen molar-refractivity contribution >= 4 is 6.29 Å². The van der Waals surface area contributed by atoms with E-state index in [4.69, 9.17) is 25.5 Å². The summed E-state index contributed by atoms with van der Waals surface area (Å²) in [6, 6.07) is 0. The van der Waals surface area contributed by atoms with Crippen LogP contribution in [0, 0.1) is 0 Å². The van der Waals surface area contributed by atoms with Gasteiger partial charge in [0.05, 0.1) is 27.2 Å². The van der Waals surface area contributed by atoms with Crippen molar-refractivity contribution in [2.45, 2.75) is 70.2 Å². The molecule has 0 aliphatic heterocycles. The van der Waals surface area contributed by atoms with E-state index in [1.54, 1.807) is 0 Å². The lowest BCUT2D eigenvalue weighted by atomic mass is 10.0. The molecule has 9 nitrogen and oxygen atoms in total. The molecule has 0 radical (unpaired) electrons. The normalized spacial score (nSPS) is 16.6. The van der Waals surface area contributed by atoms with Gasteiger partial charge in [0.2, 0.25) is 0 Å². The Morgan fingerprint density at radius 1 is 0.964 bits per heavy atom. The van der Waals surface area contributed by atoms with Gasteiger partial charge in [0.1, 0.15) is 31.0 Å². The molecular weight excluding hydrogens is 392 g/mol. The van der Waals surface area contributed by atoms with Gasteiger partial charge < -0.3 is 52.3 Å². The largest absolute Gasteiger partial charge is 1.00 e. The van der Waals surface area contributed by atoms with Gasteiger partial charge in [0.25, 0.3) is 0 Å². The number of aliphatic hydroxyl groups is 6. The number of aldehydes is 1. The van der Waals surface area contributed by atoms with Crippen LogP contribution in [0.25, 0.3) is 0 Å². The molecule has 0 bridgehead atoms. The fourth-order valence-corrected chi connectivity index (χ4v) is 2.49. The summed E-state index contributed by atoms with van der Waals surface area (Å²) >= 11 is 0. The highest BCUT2D eigenvalue weighted by Gasteiger charge is 2.29. The van der Waals surface area contributed by atoms with Gasteiger partial charge in [0.15, 0.2) is 12.5 Å². The molecule has 5 unspecified atom stereocenters. The van der Waals surface area contributed by atoms with Crippen molar-refractivity contribution in [1.82, 2.24) is 5.32 Å². The van der Waals surface area contributed by atoms with Crippen LogP contribution in [-0.2, 0) is 4.79 Å². The fraction of sp³-hybridized carbons (Fsp3) is 0.944. The number of nitrogens with one attached hydrogen (secondary N) is 1. The predicted octanol–water partition coefficient (Wildman–Crippen LogP) is -4.80. The maximum Gasteiger partial charge on any atom is 0.154 e. The number of carbonyl (C=O) groups excluding carboxylic acids is 1. The van der Waals surface area contributed by atoms with Gasteiger partial charge in [-0.15, -0.1) is 0 Å². The minimum absolute atomic E-state index is 0. The van der Waals surface area contributed by atoms with E-state index in [1.165, 1.54) is 12.8 Å². The second-order valence-electron chi connectivity index (χ2n) is 7.38. The van der Waals surface area contributed by atoms with Crippen LogP contribution < -0.4 is 17.7 Å². The summed E-state index contributed by atoms with van der Waals surface area (Å²) in [5.41, 5.74) is 0. The maximum atomic E-state index is 9.90. The fourth-order valence-electron chi connectivity index (χ4n) is 2.49. The van der Waals surface area contributed by atoms with Crippen molar-refractivity contribution in [3.8, 4) is 0 Å². The molecule has 0 saturated carbocycles. The summed E-state index contributed by atoms with van der Waals surface area (Å²) in [5, 5.41) is 56.5. The summed E-state index contributed by atoms with van der Waals surface area (Å²) in [6.45, 7) is 6.46. The molecule has 5 atom stereocenters. The van der Waals surface area contributed by atoms with E-state index in [1.807, 2.05) is 0 Å². The average molecular weight is 433 g/mol. The number of unbranched alkanes of at least 4 members (excludes halogenated alkanes) is 2. The molecule has 0 aliphatic carbocycles. The van der Waals surface area contributed by atoms with E-state index in [0.717, 1.165) is 37.0 Å². The maximum absolute atomic E-state index is 9.90. The molecule has 10 heteroatoms. The Morgan fingerprint density at radius 2 is 1.54 bits per heavy atom. The van der Waals surface area contributed by atoms with Crippen molar-refractivity contribution in [3.05, 3.63) is 0 Å². The monoisotopic (exact) mass is 432 g/mol. The summed E-state index contributed by atoms with van der Waals surface area (Å²) in [6.07, 6.45) is -2.40. The van der Waals surface area contributed by atoms with E-state index >= 15 is 0 Å². The minimum atomic E-state index is -1.79. The van der Waals surface area contributed by atoms with Gasteiger partial charge >= 0.3 is 0 Å². The third-order valence-corrected chi connectivity index (χ3v) is 4.08. The van der Waals surface area contributed by atoms with Crippen LogP contribution >= 0.6 is 0 Å². The number of carbonyl (C=O) groups is 1. The number of quaternary nitrogens is 1. The average Bonchev–Trinajstić information content (AvgIpc) is 2.62. The molecule has 0 amide bonds. The summed E-state index contributed by atoms with van der Waals surface area (Å²) in [5.74, 6) is 0. The van der Waals surface area contributed by atoms with E-state index in [-0.39, 0.29) is 24.9 Å². The van der Waals surface area contributed by atoms with Crippen molar-refractivity contribution in [3.63, 3.8) is 0 Å². The third-order valence-electron chi connectivity index (χ3n) is 4.08. The number of likely N-dealkylation sites (N-methyl/N-ethyl adjacent to an activating group) is 1. The molecule has 0 spiro atoms. The first-order chi connectivity index (χ1) is 12.6. The van der Waals surface area contributed by atoms with Gasteiger partial charge in [-0.25, -0.2) is 0 Å². The van der Waals surface area contributed by atoms with Crippen molar-refractivity contribution < 1.29 is 52.3 Å². The van der Waals surface area contributed by atoms with Gasteiger partial charge in [-0.05, 0) is 19.4 Å². The quantitative estimate of drug-likeness (QED) is 0.0625. The zero-order valence-corrected chi connectivity index (χ0v) is 18.3. The summed E-state index contributed by atoms with van der Waals surface area (Å²) in [7, 11) is 4.33. The topological polar surface area (TPSA) is 150 Å². The first-order valence-electron chi connectivity index (χ1n) is 9.58. The van der Waals surface area contributed by atoms with Crippen LogP contribution in [0.1, 0.15) is 39.5 Å². The Balaban J connectivity index is -0.000000441. The molecule has 0 aromatic carbocycles.